The summed E-state index contributed by atoms with van der Waals surface area (Å²) in [6.45, 7) is 4.86. The van der Waals surface area contributed by atoms with E-state index >= 15 is 0 Å². The second-order valence-corrected chi connectivity index (χ2v) is 6.68. The fraction of sp³-hybridized carbons (Fsp3) is 0.800. The van der Waals surface area contributed by atoms with E-state index in [4.69, 9.17) is 9.47 Å². The first-order chi connectivity index (χ1) is 7.28. The van der Waals surface area contributed by atoms with Crippen molar-refractivity contribution in [2.75, 3.05) is 13.2 Å². The van der Waals surface area contributed by atoms with Gasteiger partial charge in [-0.05, 0) is 0 Å². The van der Waals surface area contributed by atoms with Crippen LogP contribution in [0.3, 0.4) is 0 Å². The van der Waals surface area contributed by atoms with Gasteiger partial charge in [0.15, 0.2) is 0 Å². The quantitative estimate of drug-likeness (QED) is 0.440. The third-order valence-electron chi connectivity index (χ3n) is 1.76. The molecule has 2 atom stereocenters. The van der Waals surface area contributed by atoms with Crippen molar-refractivity contribution in [2.24, 2.45) is 0 Å². The van der Waals surface area contributed by atoms with Crippen LogP contribution in [0.5, 0.6) is 0 Å². The molecule has 0 fully saturated rings. The number of carbonyl (C=O) groups excluding carboxylic acids is 2. The Morgan fingerprint density at radius 3 is 1.67 bits per heavy atom. The molecule has 0 aliphatic heterocycles. The number of carbonyl (C=O) groups is 2. The monoisotopic (exact) mass is 322 g/mol. The average Bonchev–Trinajstić information content (AvgIpc) is 2.26. The molecule has 0 rings (SSSR count). The molecule has 0 bridgehead atoms. The normalized spacial score (nSPS) is 14.5. The van der Waals surface area contributed by atoms with Gasteiger partial charge in [0, 0.05) is 0 Å². The first-order valence-corrected chi connectivity index (χ1v) is 9.16. The van der Waals surface area contributed by atoms with Crippen molar-refractivity contribution in [2.45, 2.75) is 34.9 Å². The summed E-state index contributed by atoms with van der Waals surface area (Å²) in [7, 11) is 0. The van der Waals surface area contributed by atoms with Crippen LogP contribution in [0.25, 0.3) is 0 Å². The van der Waals surface area contributed by atoms with Gasteiger partial charge in [-0.15, -0.1) is 0 Å². The van der Waals surface area contributed by atoms with Crippen molar-refractivity contribution >= 4 is 33.7 Å². The Morgan fingerprint density at radius 1 is 1.00 bits per heavy atom. The number of aldehydes is 2. The molecule has 0 aromatic rings. The van der Waals surface area contributed by atoms with E-state index in [1.807, 2.05) is 13.8 Å². The standard InChI is InChI=1S/2C5H9O2.Sn/c2*1-3-7-5(2)4-6;/h2*4-5H,2-3H2,1H3;. The molecule has 0 heterocycles. The van der Waals surface area contributed by atoms with Gasteiger partial charge in [-0.1, -0.05) is 0 Å². The van der Waals surface area contributed by atoms with E-state index in [-0.39, 0.29) is 12.2 Å². The van der Waals surface area contributed by atoms with E-state index in [1.165, 1.54) is 0 Å². The van der Waals surface area contributed by atoms with E-state index in [9.17, 15) is 9.59 Å². The molecule has 0 aliphatic rings. The van der Waals surface area contributed by atoms with E-state index in [1.54, 1.807) is 0 Å². The molecular formula is C10H18O4Sn. The van der Waals surface area contributed by atoms with Crippen molar-refractivity contribution in [3.05, 3.63) is 0 Å². The molecule has 4 nitrogen and oxygen atoms in total. The molecule has 0 aliphatic carbocycles. The van der Waals surface area contributed by atoms with Crippen LogP contribution in [0.4, 0.5) is 0 Å². The Bertz CT molecular complexity index is 157. The van der Waals surface area contributed by atoms with Gasteiger partial charge < -0.3 is 0 Å². The van der Waals surface area contributed by atoms with Gasteiger partial charge in [-0.3, -0.25) is 0 Å². The van der Waals surface area contributed by atoms with Gasteiger partial charge in [0.1, 0.15) is 0 Å². The Morgan fingerprint density at radius 2 is 1.40 bits per heavy atom. The van der Waals surface area contributed by atoms with Crippen molar-refractivity contribution in [3.8, 4) is 0 Å². The van der Waals surface area contributed by atoms with Crippen LogP contribution in [-0.2, 0) is 19.1 Å². The molecular weight excluding hydrogens is 303 g/mol. The van der Waals surface area contributed by atoms with E-state index < -0.39 is 21.1 Å². The topological polar surface area (TPSA) is 52.6 Å². The molecule has 2 radical (unpaired) electrons. The molecule has 0 N–H and O–H groups in total. The SMILES string of the molecule is CCOC(C=O)[CH2][Sn][CH2]C(C=O)OCC. The maximum atomic E-state index is 10.6. The Kier molecular flexibility index (Phi) is 10.6. The zero-order valence-electron chi connectivity index (χ0n) is 9.27. The van der Waals surface area contributed by atoms with Crippen molar-refractivity contribution in [1.82, 2.24) is 0 Å². The van der Waals surface area contributed by atoms with Crippen molar-refractivity contribution < 1.29 is 19.1 Å². The van der Waals surface area contributed by atoms with Gasteiger partial charge in [-0.25, -0.2) is 0 Å². The minimum atomic E-state index is -0.731. The van der Waals surface area contributed by atoms with Gasteiger partial charge in [0.05, 0.1) is 0 Å². The second-order valence-electron chi connectivity index (χ2n) is 2.92. The molecule has 86 valence electrons. The van der Waals surface area contributed by atoms with E-state index in [2.05, 4.69) is 0 Å². The summed E-state index contributed by atoms with van der Waals surface area (Å²) in [6.07, 6.45) is 1.16. The Balaban J connectivity index is 3.64. The molecule has 0 saturated heterocycles. The third kappa shape index (κ3) is 7.93. The van der Waals surface area contributed by atoms with Crippen LogP contribution >= 0.6 is 0 Å². The molecule has 0 aromatic heterocycles. The predicted molar refractivity (Wildman–Crippen MR) is 58.3 cm³/mol. The van der Waals surface area contributed by atoms with Crippen LogP contribution in [0, 0.1) is 0 Å². The zero-order valence-corrected chi connectivity index (χ0v) is 12.1. The Labute approximate surface area is 101 Å². The van der Waals surface area contributed by atoms with Gasteiger partial charge in [0.2, 0.25) is 0 Å². The molecule has 5 heteroatoms. The summed E-state index contributed by atoms with van der Waals surface area (Å²) in [4.78, 5) is 21.1. The molecule has 0 amide bonds. The Hall–Kier alpha value is 0.0587. The van der Waals surface area contributed by atoms with Crippen LogP contribution < -0.4 is 0 Å². The summed E-state index contributed by atoms with van der Waals surface area (Å²) < 4.78 is 12.1. The number of rotatable bonds is 10. The average molecular weight is 321 g/mol. The van der Waals surface area contributed by atoms with Crippen LogP contribution in [0.2, 0.25) is 8.87 Å². The second kappa shape index (κ2) is 10.6. The van der Waals surface area contributed by atoms with Crippen molar-refractivity contribution in [1.29, 1.82) is 0 Å². The fourth-order valence-electron chi connectivity index (χ4n) is 1.09. The predicted octanol–water partition coefficient (Wildman–Crippen LogP) is 0.735. The third-order valence-corrected chi connectivity index (χ3v) is 5.70. The summed E-state index contributed by atoms with van der Waals surface area (Å²) in [5.74, 6) is 0. The summed E-state index contributed by atoms with van der Waals surface area (Å²) in [5.41, 5.74) is 0. The number of ether oxygens (including phenoxy) is 2. The van der Waals surface area contributed by atoms with Gasteiger partial charge >= 0.3 is 101 Å². The molecule has 0 aromatic carbocycles. The molecule has 0 spiro atoms. The van der Waals surface area contributed by atoms with E-state index in [0.29, 0.717) is 13.2 Å². The summed E-state index contributed by atoms with van der Waals surface area (Å²) >= 11 is -0.731. The van der Waals surface area contributed by atoms with Crippen molar-refractivity contribution in [3.63, 3.8) is 0 Å². The number of hydrogen-bond donors (Lipinski definition) is 0. The van der Waals surface area contributed by atoms with Crippen LogP contribution in [-0.4, -0.2) is 59.1 Å². The molecule has 2 unspecified atom stereocenters. The van der Waals surface area contributed by atoms with Gasteiger partial charge in [-0.2, -0.15) is 0 Å². The number of hydrogen-bond acceptors (Lipinski definition) is 4. The zero-order chi connectivity index (χ0) is 11.5. The first-order valence-electron chi connectivity index (χ1n) is 5.12. The minimum absolute atomic E-state index is 0.268. The maximum absolute atomic E-state index is 10.6. The molecule has 15 heavy (non-hydrogen) atoms. The van der Waals surface area contributed by atoms with Crippen LogP contribution in [0.1, 0.15) is 13.8 Å². The van der Waals surface area contributed by atoms with Crippen LogP contribution in [0.15, 0.2) is 0 Å². The van der Waals surface area contributed by atoms with Gasteiger partial charge in [0.25, 0.3) is 0 Å². The summed E-state index contributed by atoms with van der Waals surface area (Å²) in [6, 6.07) is 0. The fourth-order valence-corrected chi connectivity index (χ4v) is 4.41. The summed E-state index contributed by atoms with van der Waals surface area (Å²) in [5, 5.41) is 0. The molecule has 0 saturated carbocycles. The van der Waals surface area contributed by atoms with E-state index in [0.717, 1.165) is 21.4 Å². The first kappa shape index (κ1) is 15.1.